The second-order valence-electron chi connectivity index (χ2n) is 4.59. The fraction of sp³-hybridized carbons (Fsp3) is 0.400. The number of aromatic nitrogens is 1. The van der Waals surface area contributed by atoms with E-state index in [0.717, 1.165) is 29.4 Å². The Hall–Kier alpha value is -1.39. The predicted molar refractivity (Wildman–Crippen MR) is 80.6 cm³/mol. The van der Waals surface area contributed by atoms with Gasteiger partial charge in [0, 0.05) is 16.8 Å². The molecule has 0 aliphatic rings. The molecule has 0 saturated carbocycles. The highest BCUT2D eigenvalue weighted by molar-refractivity contribution is 7.09. The van der Waals surface area contributed by atoms with E-state index >= 15 is 0 Å². The van der Waals surface area contributed by atoms with E-state index in [4.69, 9.17) is 0 Å². The first-order chi connectivity index (χ1) is 9.24. The topological polar surface area (TPSA) is 36.4 Å². The van der Waals surface area contributed by atoms with Crippen LogP contribution in [0.4, 0.5) is 5.69 Å². The summed E-state index contributed by atoms with van der Waals surface area (Å²) in [6.45, 7) is 5.03. The van der Waals surface area contributed by atoms with E-state index in [1.807, 2.05) is 25.1 Å². The van der Waals surface area contributed by atoms with Crippen molar-refractivity contribution in [2.24, 2.45) is 0 Å². The molecular weight excluding hydrogens is 256 g/mol. The smallest absolute Gasteiger partial charge is 0.112 e. The first kappa shape index (κ1) is 14.0. The third kappa shape index (κ3) is 3.55. The molecule has 0 aliphatic heterocycles. The van der Waals surface area contributed by atoms with Crippen molar-refractivity contribution in [3.63, 3.8) is 0 Å². The minimum atomic E-state index is 0.131. The molecule has 0 aliphatic carbocycles. The maximum atomic E-state index is 9.58. The number of nitrogens with zero attached hydrogens (tertiary/aromatic N) is 2. The molecule has 2 aromatic rings. The Morgan fingerprint density at radius 3 is 2.58 bits per heavy atom. The fourth-order valence-corrected chi connectivity index (χ4v) is 2.89. The van der Waals surface area contributed by atoms with E-state index in [1.165, 1.54) is 0 Å². The van der Waals surface area contributed by atoms with E-state index in [2.05, 4.69) is 34.3 Å². The molecule has 1 aromatic carbocycles. The van der Waals surface area contributed by atoms with Gasteiger partial charge in [-0.05, 0) is 25.5 Å². The van der Waals surface area contributed by atoms with Crippen LogP contribution in [-0.4, -0.2) is 22.7 Å². The summed E-state index contributed by atoms with van der Waals surface area (Å²) in [5.74, 6) is 0. The standard InChI is InChI=1S/C15H20N2OS/c1-3-13(10-18)17(14-7-5-4-6-8-14)9-15-16-12(2)11-19-15/h4-8,11,13,18H,3,9-10H2,1-2H3. The van der Waals surface area contributed by atoms with Crippen molar-refractivity contribution in [1.82, 2.24) is 4.98 Å². The molecule has 0 spiro atoms. The van der Waals surface area contributed by atoms with E-state index in [-0.39, 0.29) is 12.6 Å². The van der Waals surface area contributed by atoms with Gasteiger partial charge in [-0.3, -0.25) is 0 Å². The molecule has 1 unspecified atom stereocenters. The highest BCUT2D eigenvalue weighted by atomic mass is 32.1. The van der Waals surface area contributed by atoms with Crippen LogP contribution in [0.3, 0.4) is 0 Å². The van der Waals surface area contributed by atoms with Crippen LogP contribution < -0.4 is 4.90 Å². The van der Waals surface area contributed by atoms with Gasteiger partial charge in [-0.2, -0.15) is 0 Å². The van der Waals surface area contributed by atoms with E-state index in [1.54, 1.807) is 11.3 Å². The zero-order chi connectivity index (χ0) is 13.7. The van der Waals surface area contributed by atoms with Gasteiger partial charge in [0.1, 0.15) is 5.01 Å². The number of aryl methyl sites for hydroxylation is 1. The van der Waals surface area contributed by atoms with Crippen LogP contribution in [0, 0.1) is 6.92 Å². The number of benzene rings is 1. The van der Waals surface area contributed by atoms with Gasteiger partial charge in [0.2, 0.25) is 0 Å². The number of anilines is 1. The molecule has 1 heterocycles. The molecule has 0 saturated heterocycles. The van der Waals surface area contributed by atoms with Gasteiger partial charge in [-0.25, -0.2) is 4.98 Å². The highest BCUT2D eigenvalue weighted by Gasteiger charge is 2.18. The summed E-state index contributed by atoms with van der Waals surface area (Å²) in [5.41, 5.74) is 2.20. The normalized spacial score (nSPS) is 12.4. The SMILES string of the molecule is CCC(CO)N(Cc1nc(C)cs1)c1ccccc1. The largest absolute Gasteiger partial charge is 0.394 e. The van der Waals surface area contributed by atoms with Crippen LogP contribution in [0.25, 0.3) is 0 Å². The number of para-hydroxylation sites is 1. The molecule has 1 aromatic heterocycles. The van der Waals surface area contributed by atoms with Crippen LogP contribution >= 0.6 is 11.3 Å². The third-order valence-electron chi connectivity index (χ3n) is 3.18. The summed E-state index contributed by atoms with van der Waals surface area (Å²) in [6, 6.07) is 10.4. The number of hydrogen-bond acceptors (Lipinski definition) is 4. The van der Waals surface area contributed by atoms with Gasteiger partial charge < -0.3 is 10.0 Å². The number of thiazole rings is 1. The third-order valence-corrected chi connectivity index (χ3v) is 4.13. The molecule has 0 radical (unpaired) electrons. The van der Waals surface area contributed by atoms with Crippen molar-refractivity contribution >= 4 is 17.0 Å². The predicted octanol–water partition coefficient (Wildman–Crippen LogP) is 3.23. The molecule has 2 rings (SSSR count). The van der Waals surface area contributed by atoms with E-state index in [9.17, 15) is 5.11 Å². The van der Waals surface area contributed by atoms with Crippen LogP contribution in [0.1, 0.15) is 24.0 Å². The summed E-state index contributed by atoms with van der Waals surface area (Å²) >= 11 is 1.68. The number of rotatable bonds is 6. The average molecular weight is 276 g/mol. The lowest BCUT2D eigenvalue weighted by Gasteiger charge is -2.31. The van der Waals surface area contributed by atoms with E-state index < -0.39 is 0 Å². The molecule has 0 amide bonds. The number of aliphatic hydroxyl groups is 1. The summed E-state index contributed by atoms with van der Waals surface area (Å²) in [4.78, 5) is 6.76. The van der Waals surface area contributed by atoms with Gasteiger partial charge in [0.15, 0.2) is 0 Å². The zero-order valence-corrected chi connectivity index (χ0v) is 12.2. The Kier molecular flexibility index (Phi) is 4.93. The van der Waals surface area contributed by atoms with Crippen LogP contribution in [0.15, 0.2) is 35.7 Å². The second kappa shape index (κ2) is 6.68. The molecule has 102 valence electrons. The van der Waals surface area contributed by atoms with Gasteiger partial charge in [-0.15, -0.1) is 11.3 Å². The van der Waals surface area contributed by atoms with Crippen LogP contribution in [0.2, 0.25) is 0 Å². The molecule has 0 fully saturated rings. The van der Waals surface area contributed by atoms with Crippen molar-refractivity contribution in [3.05, 3.63) is 46.4 Å². The monoisotopic (exact) mass is 276 g/mol. The van der Waals surface area contributed by atoms with Crippen LogP contribution in [0.5, 0.6) is 0 Å². The zero-order valence-electron chi connectivity index (χ0n) is 11.4. The molecule has 4 heteroatoms. The van der Waals surface area contributed by atoms with Crippen molar-refractivity contribution in [1.29, 1.82) is 0 Å². The first-order valence-electron chi connectivity index (χ1n) is 6.58. The van der Waals surface area contributed by atoms with E-state index in [0.29, 0.717) is 0 Å². The fourth-order valence-electron chi connectivity index (χ4n) is 2.12. The first-order valence-corrected chi connectivity index (χ1v) is 7.46. The molecule has 0 bridgehead atoms. The van der Waals surface area contributed by atoms with Crippen molar-refractivity contribution < 1.29 is 5.11 Å². The molecule has 1 N–H and O–H groups in total. The number of hydrogen-bond donors (Lipinski definition) is 1. The maximum Gasteiger partial charge on any atom is 0.112 e. The lowest BCUT2D eigenvalue weighted by molar-refractivity contribution is 0.255. The van der Waals surface area contributed by atoms with Crippen LogP contribution in [-0.2, 0) is 6.54 Å². The van der Waals surface area contributed by atoms with Crippen molar-refractivity contribution in [2.75, 3.05) is 11.5 Å². The Bertz CT molecular complexity index is 494. The Labute approximate surface area is 118 Å². The molecule has 19 heavy (non-hydrogen) atoms. The summed E-state index contributed by atoms with van der Waals surface area (Å²) in [7, 11) is 0. The van der Waals surface area contributed by atoms with Gasteiger partial charge in [0.05, 0.1) is 19.2 Å². The van der Waals surface area contributed by atoms with Gasteiger partial charge in [0.25, 0.3) is 0 Å². The Morgan fingerprint density at radius 2 is 2.05 bits per heavy atom. The highest BCUT2D eigenvalue weighted by Crippen LogP contribution is 2.22. The maximum absolute atomic E-state index is 9.58. The van der Waals surface area contributed by atoms with Crippen molar-refractivity contribution in [3.8, 4) is 0 Å². The second-order valence-corrected chi connectivity index (χ2v) is 5.53. The Balaban J connectivity index is 2.24. The minimum Gasteiger partial charge on any atom is -0.394 e. The molecule has 3 nitrogen and oxygen atoms in total. The minimum absolute atomic E-state index is 0.131. The Morgan fingerprint density at radius 1 is 1.32 bits per heavy atom. The van der Waals surface area contributed by atoms with Crippen molar-refractivity contribution in [2.45, 2.75) is 32.9 Å². The molecular formula is C15H20N2OS. The summed E-state index contributed by atoms with van der Waals surface area (Å²) in [5, 5.41) is 12.7. The number of aliphatic hydroxyl groups excluding tert-OH is 1. The van der Waals surface area contributed by atoms with Gasteiger partial charge >= 0.3 is 0 Å². The summed E-state index contributed by atoms with van der Waals surface area (Å²) < 4.78 is 0. The van der Waals surface area contributed by atoms with Gasteiger partial charge in [-0.1, -0.05) is 25.1 Å². The lowest BCUT2D eigenvalue weighted by Crippen LogP contribution is -2.37. The average Bonchev–Trinajstić information content (AvgIpc) is 2.85. The molecule has 1 atom stereocenters. The lowest BCUT2D eigenvalue weighted by atomic mass is 10.1. The summed E-state index contributed by atoms with van der Waals surface area (Å²) in [6.07, 6.45) is 0.912. The quantitative estimate of drug-likeness (QED) is 0.880.